The van der Waals surface area contributed by atoms with Gasteiger partial charge in [0.15, 0.2) is 0 Å². The second-order valence-corrected chi connectivity index (χ2v) is 9.26. The molecule has 0 atom stereocenters. The number of benzene rings is 4. The summed E-state index contributed by atoms with van der Waals surface area (Å²) in [5.41, 5.74) is 9.64. The first-order chi connectivity index (χ1) is 15.5. The van der Waals surface area contributed by atoms with Crippen LogP contribution in [0.5, 0.6) is 0 Å². The molecule has 3 heteroatoms. The third kappa shape index (κ3) is 1.82. The van der Waals surface area contributed by atoms with Gasteiger partial charge in [0.25, 0.3) is 0 Å². The van der Waals surface area contributed by atoms with E-state index >= 15 is 0 Å². The Kier molecular flexibility index (Phi) is 2.96. The summed E-state index contributed by atoms with van der Waals surface area (Å²) in [6, 6.07) is 27.5. The number of nitrogens with zero attached hydrogens (tertiary/aromatic N) is 3. The molecule has 0 unspecified atom stereocenters. The summed E-state index contributed by atoms with van der Waals surface area (Å²) in [5.74, 6) is 0. The van der Waals surface area contributed by atoms with Crippen molar-refractivity contribution < 1.29 is 0 Å². The summed E-state index contributed by atoms with van der Waals surface area (Å²) >= 11 is 0. The fourth-order valence-corrected chi connectivity index (χ4v) is 6.01. The molecule has 1 aliphatic rings. The van der Waals surface area contributed by atoms with E-state index in [0.29, 0.717) is 11.1 Å². The van der Waals surface area contributed by atoms with Crippen molar-refractivity contribution in [2.45, 2.75) is 19.3 Å². The van der Waals surface area contributed by atoms with E-state index in [0.717, 1.165) is 21.8 Å². The summed E-state index contributed by atoms with van der Waals surface area (Å²) in [6.45, 7) is 4.62. The van der Waals surface area contributed by atoms with Crippen LogP contribution >= 0.6 is 0 Å². The Labute approximate surface area is 184 Å². The van der Waals surface area contributed by atoms with E-state index in [4.69, 9.17) is 0 Å². The highest BCUT2D eigenvalue weighted by Gasteiger charge is 2.39. The van der Waals surface area contributed by atoms with E-state index in [-0.39, 0.29) is 5.41 Å². The van der Waals surface area contributed by atoms with Gasteiger partial charge in [0.2, 0.25) is 0 Å². The maximum absolute atomic E-state index is 9.58. The van der Waals surface area contributed by atoms with E-state index in [9.17, 15) is 10.5 Å². The molecular weight excluding hydrogens is 390 g/mol. The van der Waals surface area contributed by atoms with Crippen LogP contribution in [0.15, 0.2) is 66.7 Å². The standard InChI is InChI=1S/C29H17N3/c1-29(2)23-6-4-3-5-18(23)21-13-22-19-9-7-16(14-30)11-24(19)32-25-12-17(15-31)8-10-20(25)26(27(21)29)28(22)32/h3-13H,1-2H3. The van der Waals surface area contributed by atoms with Crippen molar-refractivity contribution in [2.24, 2.45) is 0 Å². The van der Waals surface area contributed by atoms with Crippen LogP contribution in [-0.4, -0.2) is 4.40 Å². The van der Waals surface area contributed by atoms with Gasteiger partial charge in [-0.15, -0.1) is 0 Å². The van der Waals surface area contributed by atoms with Crippen LogP contribution in [0, 0.1) is 22.7 Å². The Balaban J connectivity index is 1.83. The molecule has 4 aromatic carbocycles. The van der Waals surface area contributed by atoms with Gasteiger partial charge in [-0.05, 0) is 52.6 Å². The second-order valence-electron chi connectivity index (χ2n) is 9.26. The first kappa shape index (κ1) is 17.4. The molecule has 32 heavy (non-hydrogen) atoms. The fourth-order valence-electron chi connectivity index (χ4n) is 6.01. The predicted octanol–water partition coefficient (Wildman–Crippen LogP) is 6.89. The molecule has 7 rings (SSSR count). The molecule has 0 bridgehead atoms. The molecule has 3 nitrogen and oxygen atoms in total. The summed E-state index contributed by atoms with van der Waals surface area (Å²) in [5, 5.41) is 23.9. The van der Waals surface area contributed by atoms with Crippen molar-refractivity contribution in [3.63, 3.8) is 0 Å². The highest BCUT2D eigenvalue weighted by Crippen LogP contribution is 2.55. The molecule has 0 saturated heterocycles. The normalized spacial score (nSPS) is 14.1. The molecule has 6 aromatic rings. The quantitative estimate of drug-likeness (QED) is 0.275. The lowest BCUT2D eigenvalue weighted by Gasteiger charge is -2.22. The van der Waals surface area contributed by atoms with Crippen molar-refractivity contribution in [2.75, 3.05) is 0 Å². The van der Waals surface area contributed by atoms with Crippen molar-refractivity contribution in [1.82, 2.24) is 4.40 Å². The topological polar surface area (TPSA) is 52.0 Å². The largest absolute Gasteiger partial charge is 0.308 e. The zero-order chi connectivity index (χ0) is 21.8. The third-order valence-corrected chi connectivity index (χ3v) is 7.33. The van der Waals surface area contributed by atoms with Crippen LogP contribution in [0.4, 0.5) is 0 Å². The number of rotatable bonds is 0. The molecular formula is C29H17N3. The SMILES string of the molecule is CC1(C)c2ccccc2-c2cc3c4ccc(C#N)cc4n4c5cc(C#N)ccc5c(c21)c34. The van der Waals surface area contributed by atoms with Crippen molar-refractivity contribution >= 4 is 38.1 Å². The van der Waals surface area contributed by atoms with Gasteiger partial charge in [-0.2, -0.15) is 10.5 Å². The van der Waals surface area contributed by atoms with E-state index in [2.05, 4.69) is 72.9 Å². The maximum Gasteiger partial charge on any atom is 0.0992 e. The van der Waals surface area contributed by atoms with Crippen LogP contribution in [0.1, 0.15) is 36.1 Å². The zero-order valence-corrected chi connectivity index (χ0v) is 17.7. The number of hydrogen-bond acceptors (Lipinski definition) is 2. The summed E-state index contributed by atoms with van der Waals surface area (Å²) < 4.78 is 2.26. The predicted molar refractivity (Wildman–Crippen MR) is 128 cm³/mol. The second kappa shape index (κ2) is 5.47. The van der Waals surface area contributed by atoms with E-state index in [1.165, 1.54) is 38.5 Å². The summed E-state index contributed by atoms with van der Waals surface area (Å²) in [4.78, 5) is 0. The number of aromatic nitrogens is 1. The van der Waals surface area contributed by atoms with Gasteiger partial charge in [0.05, 0.1) is 39.8 Å². The number of nitriles is 2. The van der Waals surface area contributed by atoms with Gasteiger partial charge in [0, 0.05) is 27.0 Å². The van der Waals surface area contributed by atoms with E-state index in [1.54, 1.807) is 0 Å². The maximum atomic E-state index is 9.58. The van der Waals surface area contributed by atoms with Crippen LogP contribution in [-0.2, 0) is 5.41 Å². The average Bonchev–Trinajstić information content (AvgIpc) is 3.40. The van der Waals surface area contributed by atoms with Gasteiger partial charge in [0.1, 0.15) is 0 Å². The van der Waals surface area contributed by atoms with Crippen molar-refractivity contribution in [3.05, 3.63) is 89.0 Å². The lowest BCUT2D eigenvalue weighted by molar-refractivity contribution is 0.667. The molecule has 1 aliphatic carbocycles. The molecule has 2 aromatic heterocycles. The molecule has 0 radical (unpaired) electrons. The van der Waals surface area contributed by atoms with E-state index < -0.39 is 0 Å². The van der Waals surface area contributed by atoms with E-state index in [1.807, 2.05) is 24.3 Å². The molecule has 0 N–H and O–H groups in total. The van der Waals surface area contributed by atoms with Crippen LogP contribution in [0.2, 0.25) is 0 Å². The van der Waals surface area contributed by atoms with Gasteiger partial charge >= 0.3 is 0 Å². The number of fused-ring (bicyclic) bond motifs is 10. The highest BCUT2D eigenvalue weighted by molar-refractivity contribution is 6.26. The van der Waals surface area contributed by atoms with Gasteiger partial charge in [-0.1, -0.05) is 50.2 Å². The van der Waals surface area contributed by atoms with Crippen LogP contribution < -0.4 is 0 Å². The molecule has 0 amide bonds. The fraction of sp³-hybridized carbons (Fsp3) is 0.103. The smallest absolute Gasteiger partial charge is 0.0992 e. The molecule has 0 spiro atoms. The summed E-state index contributed by atoms with van der Waals surface area (Å²) in [7, 11) is 0. The lowest BCUT2D eigenvalue weighted by Crippen LogP contribution is -2.15. The monoisotopic (exact) mass is 407 g/mol. The highest BCUT2D eigenvalue weighted by atomic mass is 14.9. The first-order valence-electron chi connectivity index (χ1n) is 10.7. The minimum Gasteiger partial charge on any atom is -0.308 e. The summed E-state index contributed by atoms with van der Waals surface area (Å²) in [6.07, 6.45) is 0. The lowest BCUT2D eigenvalue weighted by atomic mass is 9.80. The molecule has 0 aliphatic heterocycles. The zero-order valence-electron chi connectivity index (χ0n) is 17.7. The van der Waals surface area contributed by atoms with Crippen molar-refractivity contribution in [1.29, 1.82) is 10.5 Å². The van der Waals surface area contributed by atoms with Gasteiger partial charge in [-0.25, -0.2) is 0 Å². The van der Waals surface area contributed by atoms with Crippen LogP contribution in [0.25, 0.3) is 49.2 Å². The Bertz CT molecular complexity index is 1870. The molecule has 0 saturated carbocycles. The number of hydrogen-bond donors (Lipinski definition) is 0. The van der Waals surface area contributed by atoms with Gasteiger partial charge in [-0.3, -0.25) is 0 Å². The van der Waals surface area contributed by atoms with Gasteiger partial charge < -0.3 is 4.40 Å². The van der Waals surface area contributed by atoms with Crippen LogP contribution in [0.3, 0.4) is 0 Å². The van der Waals surface area contributed by atoms with Crippen molar-refractivity contribution in [3.8, 4) is 23.3 Å². The Morgan fingerprint density at radius 3 is 2.09 bits per heavy atom. The Morgan fingerprint density at radius 2 is 1.38 bits per heavy atom. The average molecular weight is 407 g/mol. The Hall–Kier alpha value is -4.34. The molecule has 0 fully saturated rings. The first-order valence-corrected chi connectivity index (χ1v) is 10.7. The third-order valence-electron chi connectivity index (χ3n) is 7.33. The minimum absolute atomic E-state index is 0.135. The molecule has 2 heterocycles. The Morgan fingerprint density at radius 1 is 0.719 bits per heavy atom. The minimum atomic E-state index is -0.135. The molecule has 148 valence electrons.